The molecule has 17 nitrogen and oxygen atoms in total. The van der Waals surface area contributed by atoms with Gasteiger partial charge in [0.25, 0.3) is 10.0 Å². The number of aromatic nitrogens is 2. The van der Waals surface area contributed by atoms with Gasteiger partial charge in [-0.05, 0) is 133 Å². The van der Waals surface area contributed by atoms with Crippen LogP contribution in [-0.4, -0.2) is 83.8 Å². The summed E-state index contributed by atoms with van der Waals surface area (Å²) >= 11 is 1.72. The number of nitrogens with two attached hydrogens (primary N) is 1. The van der Waals surface area contributed by atoms with E-state index < -0.39 is 71.4 Å². The van der Waals surface area contributed by atoms with Gasteiger partial charge < -0.3 is 24.2 Å². The molecule has 0 saturated carbocycles. The molecule has 0 aliphatic carbocycles. The minimum Gasteiger partial charge on any atom is -0.481 e. The van der Waals surface area contributed by atoms with E-state index >= 15 is 4.39 Å². The van der Waals surface area contributed by atoms with Crippen molar-refractivity contribution in [2.24, 2.45) is 5.14 Å². The van der Waals surface area contributed by atoms with E-state index in [1.54, 1.807) is 41.5 Å². The van der Waals surface area contributed by atoms with Crippen LogP contribution in [0, 0.1) is 34.3 Å². The van der Waals surface area contributed by atoms with Gasteiger partial charge >= 0.3 is 5.97 Å². The highest BCUT2D eigenvalue weighted by molar-refractivity contribution is 7.92. The number of aliphatic carboxylic acids is 1. The Morgan fingerprint density at radius 1 is 0.651 bits per heavy atom. The molecule has 2 heterocycles. The third-order valence-electron chi connectivity index (χ3n) is 14.5. The van der Waals surface area contributed by atoms with Crippen LogP contribution in [0.5, 0.6) is 0 Å². The van der Waals surface area contributed by atoms with Crippen LogP contribution in [0.15, 0.2) is 20.6 Å². The first-order chi connectivity index (χ1) is 37.4. The zero-order chi connectivity index (χ0) is 64.7. The van der Waals surface area contributed by atoms with Gasteiger partial charge in [-0.1, -0.05) is 96.9 Å². The highest BCUT2D eigenvalue weighted by atomic mass is 32.3. The molecule has 0 spiro atoms. The fourth-order valence-corrected chi connectivity index (χ4v) is 14.7. The average Bonchev–Trinajstić information content (AvgIpc) is 4.19. The van der Waals surface area contributed by atoms with Crippen molar-refractivity contribution in [2.45, 2.75) is 230 Å². The van der Waals surface area contributed by atoms with E-state index in [4.69, 9.17) is 24.4 Å². The monoisotopic (exact) mass is 1270 g/mol. The Morgan fingerprint density at radius 2 is 0.988 bits per heavy atom. The summed E-state index contributed by atoms with van der Waals surface area (Å²) in [6.45, 7) is 42.6. The maximum Gasteiger partial charge on any atom is 0.307 e. The number of carboxylic acids is 1. The molecular weight excluding hydrogens is 1180 g/mol. The van der Waals surface area contributed by atoms with Gasteiger partial charge in [-0.15, -0.1) is 22.7 Å². The van der Waals surface area contributed by atoms with Crippen molar-refractivity contribution in [3.05, 3.63) is 89.7 Å². The molecule has 4 aromatic rings. The van der Waals surface area contributed by atoms with Crippen molar-refractivity contribution < 1.29 is 59.4 Å². The second-order valence-corrected chi connectivity index (χ2v) is 41.2. The summed E-state index contributed by atoms with van der Waals surface area (Å²) in [7, 11) is -12.3. The van der Waals surface area contributed by atoms with Crippen molar-refractivity contribution in [3.8, 4) is 12.1 Å². The SMILES string of the molecule is CC(C)(O)c1nc(CCO[Si](C)(C)C(C)(C)C)c(S(N)(=O)=O)s1.CC(C)c1cc(C#N)c(F)c(C(C)C)c1CC(=O)NS(=O)(=O)c1sc(C(C)(C)O)nc1CCO[Si](C)(C)C(C)(C)C.CC(C)c1cc(C#N)c(F)c(C(C)C)c1CC(=O)O. The number of hydrogen-bond donors (Lipinski definition) is 5. The Labute approximate surface area is 502 Å². The van der Waals surface area contributed by atoms with Crippen LogP contribution in [0.2, 0.25) is 36.3 Å². The number of nitrogens with one attached hydrogen (secondary N) is 1. The summed E-state index contributed by atoms with van der Waals surface area (Å²) in [6, 6.07) is 6.63. The normalized spacial score (nSPS) is 12.9. The zero-order valence-corrected chi connectivity index (χ0v) is 57.8. The lowest BCUT2D eigenvalue weighted by Gasteiger charge is -2.36. The molecule has 0 fully saturated rings. The summed E-state index contributed by atoms with van der Waals surface area (Å²) in [5.74, 6) is -3.71. The number of halogens is 2. The molecule has 0 atom stereocenters. The molecule has 0 unspecified atom stereocenters. The lowest BCUT2D eigenvalue weighted by molar-refractivity contribution is -0.136. The van der Waals surface area contributed by atoms with Crippen LogP contribution in [0.4, 0.5) is 8.78 Å². The third-order valence-corrected chi connectivity index (χ3v) is 29.8. The van der Waals surface area contributed by atoms with Gasteiger partial charge in [0.1, 0.15) is 45.0 Å². The average molecular weight is 1270 g/mol. The maximum absolute atomic E-state index is 15.2. The number of primary sulfonamides is 1. The van der Waals surface area contributed by atoms with Gasteiger partial charge in [0.2, 0.25) is 15.9 Å². The van der Waals surface area contributed by atoms with Gasteiger partial charge in [0, 0.05) is 26.1 Å². The largest absolute Gasteiger partial charge is 0.481 e. The summed E-state index contributed by atoms with van der Waals surface area (Å²) in [4.78, 5) is 32.9. The molecule has 0 saturated heterocycles. The summed E-state index contributed by atoms with van der Waals surface area (Å²) in [6.07, 6.45) is -0.0717. The van der Waals surface area contributed by atoms with E-state index in [1.165, 1.54) is 26.0 Å². The van der Waals surface area contributed by atoms with E-state index in [-0.39, 0.29) is 95.4 Å². The van der Waals surface area contributed by atoms with Crippen LogP contribution in [-0.2, 0) is 75.4 Å². The number of carboxylic acid groups (broad SMARTS) is 1. The second kappa shape index (κ2) is 28.4. The van der Waals surface area contributed by atoms with Crippen LogP contribution in [0.25, 0.3) is 0 Å². The molecule has 83 heavy (non-hydrogen) atoms. The molecule has 2 aromatic carbocycles. The standard InChI is InChI=1S/C29H44FN3O5S2Si.C15H18FNO2.C14H28N2O4S2Si/c1-17(2)20-14-19(16-31)25(30)24(18(3)4)21(20)15-23(34)33-40(36,37)26-22(32-27(39-26)29(8,9)35)12-13-38-41(10,11)28(5,6)7;1-8(2)11-5-10(7-17)15(16)14(9(3)4)12(11)6-13(18)19;1-13(2,3)23(6,7)20-9-8-10-11(22(15,18)19)21-12(16-10)14(4,5)17/h14,17-18,35H,12-13,15H2,1-11H3,(H,33,34);5,8-9H,6H2,1-4H3,(H,18,19);17H,8-9H2,1-7H3,(H2,15,18,19). The number of nitriles is 2. The van der Waals surface area contributed by atoms with Crippen LogP contribution in [0.3, 0.4) is 0 Å². The molecule has 2 aromatic heterocycles. The first-order valence-corrected chi connectivity index (χ1v) is 37.9. The van der Waals surface area contributed by atoms with Crippen molar-refractivity contribution >= 4 is 71.2 Å². The topological polar surface area (TPSA) is 293 Å². The van der Waals surface area contributed by atoms with E-state index in [1.807, 2.05) is 39.8 Å². The van der Waals surface area contributed by atoms with Crippen molar-refractivity contribution in [1.29, 1.82) is 10.5 Å². The van der Waals surface area contributed by atoms with Crippen molar-refractivity contribution in [2.75, 3.05) is 13.2 Å². The number of thiazole rings is 2. The molecule has 0 bridgehead atoms. The Hall–Kier alpha value is -4.39. The predicted octanol–water partition coefficient (Wildman–Crippen LogP) is 12.4. The van der Waals surface area contributed by atoms with Crippen LogP contribution >= 0.6 is 22.7 Å². The number of carbonyl (C=O) groups is 2. The Morgan fingerprint density at radius 3 is 1.28 bits per heavy atom. The summed E-state index contributed by atoms with van der Waals surface area (Å²) in [5, 5.41) is 53.9. The number of sulfonamides is 2. The fraction of sp³-hybridized carbons (Fsp3) is 0.621. The molecule has 1 amide bonds. The van der Waals surface area contributed by atoms with Crippen molar-refractivity contribution in [3.63, 3.8) is 0 Å². The number of amides is 1. The van der Waals surface area contributed by atoms with Gasteiger partial charge in [-0.25, -0.2) is 45.4 Å². The first-order valence-electron chi connectivity index (χ1n) is 27.4. The Balaban J connectivity index is 0.000000470. The van der Waals surface area contributed by atoms with Crippen molar-refractivity contribution in [1.82, 2.24) is 14.7 Å². The highest BCUT2D eigenvalue weighted by Crippen LogP contribution is 2.40. The molecule has 464 valence electrons. The number of aliphatic hydroxyl groups is 2. The number of rotatable bonds is 21. The molecule has 0 aliphatic rings. The Kier molecular flexibility index (Phi) is 25.6. The first kappa shape index (κ1) is 74.7. The number of nitrogens with zero attached hydrogens (tertiary/aromatic N) is 4. The zero-order valence-electron chi connectivity index (χ0n) is 52.6. The molecule has 6 N–H and O–H groups in total. The second-order valence-electron chi connectivity index (χ2n) is 25.9. The van der Waals surface area contributed by atoms with E-state index in [9.17, 15) is 46.3 Å². The van der Waals surface area contributed by atoms with Gasteiger partial charge in [-0.3, -0.25) is 9.59 Å². The number of benzene rings is 2. The van der Waals surface area contributed by atoms with Gasteiger partial charge in [0.15, 0.2) is 25.1 Å². The molecular formula is C58H90F2N6O11S4Si2. The maximum atomic E-state index is 15.2. The van der Waals surface area contributed by atoms with Crippen LogP contribution < -0.4 is 9.86 Å². The molecule has 0 radical (unpaired) electrons. The van der Waals surface area contributed by atoms with Gasteiger partial charge in [-0.2, -0.15) is 10.5 Å². The fourth-order valence-electron chi connectivity index (χ4n) is 8.00. The smallest absolute Gasteiger partial charge is 0.307 e. The van der Waals surface area contributed by atoms with E-state index in [0.717, 1.165) is 28.2 Å². The lowest BCUT2D eigenvalue weighted by atomic mass is 9.85. The minimum absolute atomic E-state index is 0.00783. The number of hydrogen-bond acceptors (Lipinski definition) is 16. The third kappa shape index (κ3) is 20.1. The van der Waals surface area contributed by atoms with E-state index in [2.05, 4.69) is 82.4 Å². The molecule has 0 aliphatic heterocycles. The summed E-state index contributed by atoms with van der Waals surface area (Å²) in [5.41, 5.74) is 0.680. The minimum atomic E-state index is -4.38. The summed E-state index contributed by atoms with van der Waals surface area (Å²) < 4.78 is 94.3. The molecule has 25 heteroatoms. The Bertz CT molecular complexity index is 3280. The number of carbonyl (C=O) groups excluding carboxylic acids is 1. The predicted molar refractivity (Wildman–Crippen MR) is 329 cm³/mol. The van der Waals surface area contributed by atoms with Crippen LogP contribution in [0.1, 0.15) is 214 Å². The molecule has 4 rings (SSSR count). The quantitative estimate of drug-likeness (QED) is 0.0485. The van der Waals surface area contributed by atoms with Gasteiger partial charge in [0.05, 0.1) is 35.4 Å². The van der Waals surface area contributed by atoms with E-state index in [0.29, 0.717) is 46.0 Å². The highest BCUT2D eigenvalue weighted by Gasteiger charge is 2.39. The lowest BCUT2D eigenvalue weighted by Crippen LogP contribution is -2.41.